The fourth-order valence-corrected chi connectivity index (χ4v) is 2.33. The van der Waals surface area contributed by atoms with Crippen LogP contribution in [0.15, 0.2) is 0 Å². The summed E-state index contributed by atoms with van der Waals surface area (Å²) in [7, 11) is 0. The predicted molar refractivity (Wildman–Crippen MR) is 67.2 cm³/mol. The predicted octanol–water partition coefficient (Wildman–Crippen LogP) is 2.50. The van der Waals surface area contributed by atoms with Crippen LogP contribution in [0.1, 0.15) is 46.5 Å². The topological polar surface area (TPSA) is 15.3 Å². The molecule has 1 aliphatic rings. The smallest absolute Gasteiger partial charge is 0.0195 e. The molecule has 0 radical (unpaired) electrons. The normalized spacial score (nSPS) is 21.8. The Hall–Kier alpha value is -0.0800. The number of rotatable bonds is 7. The third-order valence-electron chi connectivity index (χ3n) is 3.34. The summed E-state index contributed by atoms with van der Waals surface area (Å²) < 4.78 is 0. The van der Waals surface area contributed by atoms with Crippen LogP contribution in [-0.2, 0) is 0 Å². The molecule has 0 bridgehead atoms. The molecule has 2 nitrogen and oxygen atoms in total. The fourth-order valence-electron chi connectivity index (χ4n) is 2.33. The minimum absolute atomic E-state index is 0.768. The lowest BCUT2D eigenvalue weighted by atomic mass is 10.1. The van der Waals surface area contributed by atoms with Crippen molar-refractivity contribution in [3.63, 3.8) is 0 Å². The third-order valence-corrected chi connectivity index (χ3v) is 3.34. The summed E-state index contributed by atoms with van der Waals surface area (Å²) in [6.07, 6.45) is 5.47. The molecule has 0 aromatic heterocycles. The SMILES string of the molecule is CCN(CCCC(C)C)CC1CCCN1. The van der Waals surface area contributed by atoms with Gasteiger partial charge in [0.15, 0.2) is 0 Å². The van der Waals surface area contributed by atoms with Gasteiger partial charge in [-0.1, -0.05) is 20.8 Å². The minimum Gasteiger partial charge on any atom is -0.313 e. The van der Waals surface area contributed by atoms with Crippen LogP contribution in [0.25, 0.3) is 0 Å². The Balaban J connectivity index is 2.11. The maximum Gasteiger partial charge on any atom is 0.0195 e. The molecule has 15 heavy (non-hydrogen) atoms. The highest BCUT2D eigenvalue weighted by Crippen LogP contribution is 2.09. The summed E-state index contributed by atoms with van der Waals surface area (Å²) in [4.78, 5) is 2.60. The van der Waals surface area contributed by atoms with Gasteiger partial charge >= 0.3 is 0 Å². The molecule has 1 rings (SSSR count). The third kappa shape index (κ3) is 5.53. The number of likely N-dealkylation sites (N-methyl/N-ethyl adjacent to an activating group) is 1. The van der Waals surface area contributed by atoms with Gasteiger partial charge in [0.05, 0.1) is 0 Å². The lowest BCUT2D eigenvalue weighted by Gasteiger charge is -2.24. The van der Waals surface area contributed by atoms with Gasteiger partial charge < -0.3 is 10.2 Å². The molecular weight excluding hydrogens is 184 g/mol. The fraction of sp³-hybridized carbons (Fsp3) is 1.00. The molecular formula is C13H28N2. The van der Waals surface area contributed by atoms with Crippen LogP contribution >= 0.6 is 0 Å². The summed E-state index contributed by atoms with van der Waals surface area (Å²) in [6, 6.07) is 0.768. The molecule has 0 aromatic rings. The van der Waals surface area contributed by atoms with E-state index in [-0.39, 0.29) is 0 Å². The van der Waals surface area contributed by atoms with Crippen molar-refractivity contribution in [1.29, 1.82) is 0 Å². The van der Waals surface area contributed by atoms with Gasteiger partial charge in [-0.15, -0.1) is 0 Å². The van der Waals surface area contributed by atoms with Crippen molar-refractivity contribution >= 4 is 0 Å². The van der Waals surface area contributed by atoms with Gasteiger partial charge in [0.25, 0.3) is 0 Å². The first-order valence-corrected chi connectivity index (χ1v) is 6.68. The minimum atomic E-state index is 0.768. The van der Waals surface area contributed by atoms with E-state index in [2.05, 4.69) is 31.0 Å². The lowest BCUT2D eigenvalue weighted by molar-refractivity contribution is 0.252. The van der Waals surface area contributed by atoms with Crippen molar-refractivity contribution in [2.24, 2.45) is 5.92 Å². The largest absolute Gasteiger partial charge is 0.313 e. The van der Waals surface area contributed by atoms with E-state index in [0.717, 1.165) is 12.0 Å². The van der Waals surface area contributed by atoms with Gasteiger partial charge in [-0.05, 0) is 51.2 Å². The molecule has 0 aliphatic carbocycles. The molecule has 1 N–H and O–H groups in total. The zero-order valence-electron chi connectivity index (χ0n) is 10.8. The van der Waals surface area contributed by atoms with Crippen LogP contribution in [0, 0.1) is 5.92 Å². The van der Waals surface area contributed by atoms with Crippen LogP contribution in [0.5, 0.6) is 0 Å². The average Bonchev–Trinajstić information content (AvgIpc) is 2.68. The Labute approximate surface area is 95.4 Å². The van der Waals surface area contributed by atoms with Gasteiger partial charge in [-0.3, -0.25) is 0 Å². The van der Waals surface area contributed by atoms with Crippen LogP contribution in [0.3, 0.4) is 0 Å². The molecule has 0 amide bonds. The molecule has 1 unspecified atom stereocenters. The number of nitrogens with one attached hydrogen (secondary N) is 1. The Bertz CT molecular complexity index is 151. The van der Waals surface area contributed by atoms with E-state index in [9.17, 15) is 0 Å². The van der Waals surface area contributed by atoms with Gasteiger partial charge in [-0.2, -0.15) is 0 Å². The van der Waals surface area contributed by atoms with Gasteiger partial charge in [0.1, 0.15) is 0 Å². The molecule has 1 aliphatic heterocycles. The Morgan fingerprint density at radius 1 is 1.40 bits per heavy atom. The van der Waals surface area contributed by atoms with E-state index >= 15 is 0 Å². The van der Waals surface area contributed by atoms with Crippen molar-refractivity contribution in [1.82, 2.24) is 10.2 Å². The molecule has 1 heterocycles. The van der Waals surface area contributed by atoms with Crippen molar-refractivity contribution in [2.45, 2.75) is 52.5 Å². The summed E-state index contributed by atoms with van der Waals surface area (Å²) in [6.45, 7) is 11.9. The first-order chi connectivity index (χ1) is 7.22. The van der Waals surface area contributed by atoms with E-state index in [0.29, 0.717) is 0 Å². The zero-order chi connectivity index (χ0) is 11.1. The summed E-state index contributed by atoms with van der Waals surface area (Å²) in [5.41, 5.74) is 0. The maximum absolute atomic E-state index is 3.58. The molecule has 90 valence electrons. The molecule has 2 heteroatoms. The second-order valence-corrected chi connectivity index (χ2v) is 5.22. The van der Waals surface area contributed by atoms with Crippen LogP contribution in [0.4, 0.5) is 0 Å². The van der Waals surface area contributed by atoms with Gasteiger partial charge in [0.2, 0.25) is 0 Å². The van der Waals surface area contributed by atoms with Crippen molar-refractivity contribution in [3.05, 3.63) is 0 Å². The molecule has 0 saturated carbocycles. The standard InChI is InChI=1S/C13H28N2/c1-4-15(10-6-7-12(2)3)11-13-8-5-9-14-13/h12-14H,4-11H2,1-3H3. The molecule has 1 atom stereocenters. The second kappa shape index (κ2) is 7.24. The molecule has 0 aromatic carbocycles. The second-order valence-electron chi connectivity index (χ2n) is 5.22. The summed E-state index contributed by atoms with van der Waals surface area (Å²) in [5, 5.41) is 3.58. The number of hydrogen-bond acceptors (Lipinski definition) is 2. The van der Waals surface area contributed by atoms with Crippen molar-refractivity contribution < 1.29 is 0 Å². The highest BCUT2D eigenvalue weighted by molar-refractivity contribution is 4.77. The quantitative estimate of drug-likeness (QED) is 0.697. The van der Waals surface area contributed by atoms with E-state index in [1.807, 2.05) is 0 Å². The van der Waals surface area contributed by atoms with E-state index in [1.165, 1.54) is 51.9 Å². The molecule has 0 spiro atoms. The van der Waals surface area contributed by atoms with E-state index in [4.69, 9.17) is 0 Å². The van der Waals surface area contributed by atoms with Gasteiger partial charge in [0, 0.05) is 12.6 Å². The zero-order valence-corrected chi connectivity index (χ0v) is 10.8. The monoisotopic (exact) mass is 212 g/mol. The van der Waals surface area contributed by atoms with Crippen molar-refractivity contribution in [3.8, 4) is 0 Å². The van der Waals surface area contributed by atoms with Crippen molar-refractivity contribution in [2.75, 3.05) is 26.2 Å². The van der Waals surface area contributed by atoms with E-state index < -0.39 is 0 Å². The van der Waals surface area contributed by atoms with Crippen LogP contribution < -0.4 is 5.32 Å². The molecule has 1 saturated heterocycles. The Morgan fingerprint density at radius 2 is 2.20 bits per heavy atom. The van der Waals surface area contributed by atoms with E-state index in [1.54, 1.807) is 0 Å². The number of nitrogens with zero attached hydrogens (tertiary/aromatic N) is 1. The first-order valence-electron chi connectivity index (χ1n) is 6.68. The number of hydrogen-bond donors (Lipinski definition) is 1. The van der Waals surface area contributed by atoms with Gasteiger partial charge in [-0.25, -0.2) is 0 Å². The highest BCUT2D eigenvalue weighted by atomic mass is 15.1. The maximum atomic E-state index is 3.58. The highest BCUT2D eigenvalue weighted by Gasteiger charge is 2.16. The Morgan fingerprint density at radius 3 is 2.73 bits per heavy atom. The molecule has 1 fully saturated rings. The van der Waals surface area contributed by atoms with Crippen LogP contribution in [0.2, 0.25) is 0 Å². The lowest BCUT2D eigenvalue weighted by Crippen LogP contribution is -2.38. The average molecular weight is 212 g/mol. The summed E-state index contributed by atoms with van der Waals surface area (Å²) >= 11 is 0. The first kappa shape index (κ1) is 13.0. The van der Waals surface area contributed by atoms with Crippen LogP contribution in [-0.4, -0.2) is 37.1 Å². The summed E-state index contributed by atoms with van der Waals surface area (Å²) in [5.74, 6) is 0.855. The Kier molecular flexibility index (Phi) is 6.26.